The van der Waals surface area contributed by atoms with Crippen LogP contribution in [0.4, 0.5) is 4.39 Å². The van der Waals surface area contributed by atoms with Crippen LogP contribution in [0.15, 0.2) is 36.4 Å². The second-order valence-electron chi connectivity index (χ2n) is 5.25. The lowest BCUT2D eigenvalue weighted by molar-refractivity contribution is 0.499. The zero-order valence-corrected chi connectivity index (χ0v) is 11.8. The molecule has 0 amide bonds. The molecule has 1 saturated carbocycles. The maximum Gasteiger partial charge on any atom is 0.131 e. The van der Waals surface area contributed by atoms with E-state index in [0.717, 1.165) is 17.3 Å². The van der Waals surface area contributed by atoms with Gasteiger partial charge in [0.05, 0.1) is 0 Å². The van der Waals surface area contributed by atoms with E-state index in [4.69, 9.17) is 0 Å². The van der Waals surface area contributed by atoms with Crippen molar-refractivity contribution in [1.29, 1.82) is 0 Å². The van der Waals surface area contributed by atoms with Crippen LogP contribution in [-0.2, 0) is 6.54 Å². The normalized spacial score (nSPS) is 16.5. The first-order valence-electron chi connectivity index (χ1n) is 6.81. The van der Waals surface area contributed by atoms with E-state index in [1.807, 2.05) is 18.2 Å². The number of benzene rings is 1. The molecule has 1 nitrogen and oxygen atoms in total. The van der Waals surface area contributed by atoms with Crippen LogP contribution >= 0.6 is 11.3 Å². The van der Waals surface area contributed by atoms with Crippen LogP contribution in [-0.4, -0.2) is 6.04 Å². The molecule has 1 aromatic carbocycles. The van der Waals surface area contributed by atoms with Crippen LogP contribution < -0.4 is 5.32 Å². The van der Waals surface area contributed by atoms with E-state index in [9.17, 15) is 4.39 Å². The zero-order chi connectivity index (χ0) is 13.2. The molecular formula is C16H18FNS. The van der Waals surface area contributed by atoms with Gasteiger partial charge in [-0.3, -0.25) is 0 Å². The van der Waals surface area contributed by atoms with E-state index in [2.05, 4.69) is 18.3 Å². The van der Waals surface area contributed by atoms with E-state index in [1.54, 1.807) is 17.4 Å². The molecule has 1 atom stereocenters. The monoisotopic (exact) mass is 275 g/mol. The van der Waals surface area contributed by atoms with Crippen molar-refractivity contribution < 1.29 is 4.39 Å². The van der Waals surface area contributed by atoms with E-state index in [-0.39, 0.29) is 5.82 Å². The predicted octanol–water partition coefficient (Wildman–Crippen LogP) is 4.44. The van der Waals surface area contributed by atoms with Gasteiger partial charge in [-0.2, -0.15) is 0 Å². The third-order valence-corrected chi connectivity index (χ3v) is 4.85. The molecule has 1 aliphatic rings. The second kappa shape index (κ2) is 5.43. The molecule has 1 heterocycles. The molecule has 0 bridgehead atoms. The summed E-state index contributed by atoms with van der Waals surface area (Å²) in [5, 5.41) is 3.56. The Kier molecular flexibility index (Phi) is 3.67. The van der Waals surface area contributed by atoms with Crippen molar-refractivity contribution in [2.45, 2.75) is 32.4 Å². The van der Waals surface area contributed by atoms with Gasteiger partial charge in [-0.1, -0.05) is 18.2 Å². The molecule has 0 saturated heterocycles. The highest BCUT2D eigenvalue weighted by atomic mass is 32.1. The first kappa shape index (κ1) is 12.8. The van der Waals surface area contributed by atoms with Gasteiger partial charge in [0, 0.05) is 27.9 Å². The van der Waals surface area contributed by atoms with E-state index < -0.39 is 0 Å². The third-order valence-electron chi connectivity index (χ3n) is 3.73. The van der Waals surface area contributed by atoms with Gasteiger partial charge in [0.2, 0.25) is 0 Å². The number of thiophene rings is 1. The van der Waals surface area contributed by atoms with Gasteiger partial charge < -0.3 is 5.32 Å². The fourth-order valence-corrected chi connectivity index (χ4v) is 3.29. The number of hydrogen-bond acceptors (Lipinski definition) is 2. The smallest absolute Gasteiger partial charge is 0.131 e. The summed E-state index contributed by atoms with van der Waals surface area (Å²) in [6, 6.07) is 11.7. The molecule has 2 aromatic rings. The number of nitrogens with one attached hydrogen (secondary N) is 1. The molecule has 19 heavy (non-hydrogen) atoms. The van der Waals surface area contributed by atoms with Gasteiger partial charge in [-0.05, 0) is 43.9 Å². The van der Waals surface area contributed by atoms with Crippen LogP contribution in [0.5, 0.6) is 0 Å². The summed E-state index contributed by atoms with van der Waals surface area (Å²) in [5.41, 5.74) is 0.703. The summed E-state index contributed by atoms with van der Waals surface area (Å²) in [4.78, 5) is 2.28. The maximum absolute atomic E-state index is 13.7. The quantitative estimate of drug-likeness (QED) is 0.850. The lowest BCUT2D eigenvalue weighted by Gasteiger charge is -2.11. The zero-order valence-electron chi connectivity index (χ0n) is 11.0. The lowest BCUT2D eigenvalue weighted by Crippen LogP contribution is -2.26. The molecule has 1 unspecified atom stereocenters. The van der Waals surface area contributed by atoms with Crippen LogP contribution in [0.1, 0.15) is 24.6 Å². The third kappa shape index (κ3) is 3.04. The van der Waals surface area contributed by atoms with Crippen LogP contribution in [0.2, 0.25) is 0 Å². The van der Waals surface area contributed by atoms with Crippen molar-refractivity contribution in [1.82, 2.24) is 5.32 Å². The Bertz CT molecular complexity index is 559. The Morgan fingerprint density at radius 2 is 2.05 bits per heavy atom. The lowest BCUT2D eigenvalue weighted by atomic mass is 10.2. The summed E-state index contributed by atoms with van der Waals surface area (Å²) in [5.74, 6) is 0.723. The number of rotatable bonds is 5. The summed E-state index contributed by atoms with van der Waals surface area (Å²) in [7, 11) is 0. The average Bonchev–Trinajstić information content (AvgIpc) is 3.16. The highest BCUT2D eigenvalue weighted by Crippen LogP contribution is 2.33. The predicted molar refractivity (Wildman–Crippen MR) is 78.7 cm³/mol. The summed E-state index contributed by atoms with van der Waals surface area (Å²) >= 11 is 1.67. The van der Waals surface area contributed by atoms with Gasteiger partial charge in [0.15, 0.2) is 0 Å². The Balaban J connectivity index is 1.67. The molecule has 0 radical (unpaired) electrons. The SMILES string of the molecule is CC(NCc1ccc(-c2ccccc2F)s1)C1CC1. The number of hydrogen-bond donors (Lipinski definition) is 1. The fourth-order valence-electron chi connectivity index (χ4n) is 2.30. The Morgan fingerprint density at radius 1 is 1.26 bits per heavy atom. The minimum Gasteiger partial charge on any atom is -0.309 e. The Morgan fingerprint density at radius 3 is 2.79 bits per heavy atom. The molecule has 3 heteroatoms. The van der Waals surface area contributed by atoms with Gasteiger partial charge in [0.25, 0.3) is 0 Å². The van der Waals surface area contributed by atoms with Gasteiger partial charge in [-0.25, -0.2) is 4.39 Å². The molecule has 3 rings (SSSR count). The highest BCUT2D eigenvalue weighted by Gasteiger charge is 2.27. The van der Waals surface area contributed by atoms with Gasteiger partial charge in [0.1, 0.15) is 5.82 Å². The summed E-state index contributed by atoms with van der Waals surface area (Å²) < 4.78 is 13.7. The van der Waals surface area contributed by atoms with Crippen LogP contribution in [0, 0.1) is 11.7 Å². The summed E-state index contributed by atoms with van der Waals surface area (Å²) in [6.07, 6.45) is 2.72. The molecule has 0 spiro atoms. The standard InChI is InChI=1S/C16H18FNS/c1-11(12-6-7-12)18-10-13-8-9-16(19-13)14-4-2-3-5-15(14)17/h2-5,8-9,11-12,18H,6-7,10H2,1H3. The minimum absolute atomic E-state index is 0.143. The Hall–Kier alpha value is -1.19. The van der Waals surface area contributed by atoms with E-state index in [1.165, 1.54) is 23.8 Å². The average molecular weight is 275 g/mol. The topological polar surface area (TPSA) is 12.0 Å². The fraction of sp³-hybridized carbons (Fsp3) is 0.375. The Labute approximate surface area is 117 Å². The molecule has 0 aliphatic heterocycles. The van der Waals surface area contributed by atoms with Crippen molar-refractivity contribution in [2.24, 2.45) is 5.92 Å². The molecular weight excluding hydrogens is 257 g/mol. The first-order chi connectivity index (χ1) is 9.24. The van der Waals surface area contributed by atoms with E-state index >= 15 is 0 Å². The van der Waals surface area contributed by atoms with Crippen molar-refractivity contribution in [3.63, 3.8) is 0 Å². The van der Waals surface area contributed by atoms with Crippen molar-refractivity contribution >= 4 is 11.3 Å². The van der Waals surface area contributed by atoms with Gasteiger partial charge in [-0.15, -0.1) is 11.3 Å². The first-order valence-corrected chi connectivity index (χ1v) is 7.62. The highest BCUT2D eigenvalue weighted by molar-refractivity contribution is 7.15. The van der Waals surface area contributed by atoms with Gasteiger partial charge >= 0.3 is 0 Å². The second-order valence-corrected chi connectivity index (χ2v) is 6.42. The minimum atomic E-state index is -0.143. The van der Waals surface area contributed by atoms with E-state index in [0.29, 0.717) is 11.6 Å². The largest absolute Gasteiger partial charge is 0.309 e. The molecule has 1 aliphatic carbocycles. The molecule has 1 aromatic heterocycles. The maximum atomic E-state index is 13.7. The summed E-state index contributed by atoms with van der Waals surface area (Å²) in [6.45, 7) is 3.14. The van der Waals surface area contributed by atoms with Crippen molar-refractivity contribution in [3.05, 3.63) is 47.1 Å². The molecule has 100 valence electrons. The molecule has 1 fully saturated rings. The van der Waals surface area contributed by atoms with Crippen LogP contribution in [0.3, 0.4) is 0 Å². The number of halogens is 1. The molecule has 1 N–H and O–H groups in total. The van der Waals surface area contributed by atoms with Crippen molar-refractivity contribution in [3.8, 4) is 10.4 Å². The van der Waals surface area contributed by atoms with Crippen LogP contribution in [0.25, 0.3) is 10.4 Å². The van der Waals surface area contributed by atoms with Crippen molar-refractivity contribution in [2.75, 3.05) is 0 Å².